The van der Waals surface area contributed by atoms with Crippen LogP contribution in [0.1, 0.15) is 113 Å². The van der Waals surface area contributed by atoms with E-state index < -0.39 is 11.5 Å². The van der Waals surface area contributed by atoms with Crippen LogP contribution in [-0.2, 0) is 11.2 Å². The molecule has 0 aromatic carbocycles. The van der Waals surface area contributed by atoms with Crippen LogP contribution in [-0.4, -0.2) is 23.0 Å². The number of ether oxygens (including phenoxy) is 1. The van der Waals surface area contributed by atoms with E-state index in [4.69, 9.17) is 10.00 Å². The van der Waals surface area contributed by atoms with Gasteiger partial charge in [0, 0.05) is 0 Å². The third kappa shape index (κ3) is 10.4. The van der Waals surface area contributed by atoms with Crippen molar-refractivity contribution in [3.05, 3.63) is 21.6 Å². The van der Waals surface area contributed by atoms with Gasteiger partial charge in [0.15, 0.2) is 11.9 Å². The predicted octanol–water partition coefficient (Wildman–Crippen LogP) is 5.47. The topological polar surface area (TPSA) is 108 Å². The number of methoxy groups -OCH3 is 1. The van der Waals surface area contributed by atoms with E-state index in [1.807, 2.05) is 0 Å². The van der Waals surface area contributed by atoms with E-state index in [0.717, 1.165) is 19.3 Å². The molecule has 0 fully saturated rings. The highest BCUT2D eigenvalue weighted by Gasteiger charge is 2.18. The molecule has 0 spiro atoms. The molecule has 0 aliphatic rings. The highest BCUT2D eigenvalue weighted by Crippen LogP contribution is 2.14. The Hall–Kier alpha value is -2.36. The summed E-state index contributed by atoms with van der Waals surface area (Å²) >= 11 is 0. The number of hydrogen-bond acceptors (Lipinski definition) is 6. The Morgan fingerprint density at radius 1 is 0.967 bits per heavy atom. The molecular formula is C23H38N4O3. The number of nitrogens with zero attached hydrogens (tertiary/aromatic N) is 2. The maximum absolute atomic E-state index is 12.3. The molecule has 0 amide bonds. The van der Waals surface area contributed by atoms with Crippen LogP contribution in [0, 0.1) is 11.5 Å². The molecule has 1 heterocycles. The van der Waals surface area contributed by atoms with Gasteiger partial charge in [0.1, 0.15) is 0 Å². The van der Waals surface area contributed by atoms with Crippen LogP contribution in [0.4, 0.5) is 5.95 Å². The summed E-state index contributed by atoms with van der Waals surface area (Å²) in [5, 5.41) is 10.9. The van der Waals surface area contributed by atoms with Gasteiger partial charge in [-0.25, -0.2) is 9.78 Å². The molecule has 0 bridgehead atoms. The molecule has 1 rings (SSSR count). The van der Waals surface area contributed by atoms with Crippen LogP contribution in [0.2, 0.25) is 0 Å². The second-order valence-corrected chi connectivity index (χ2v) is 7.82. The normalized spacial score (nSPS) is 10.6. The minimum atomic E-state index is -0.664. The van der Waals surface area contributed by atoms with Gasteiger partial charge in [-0.15, -0.1) is 0 Å². The van der Waals surface area contributed by atoms with Crippen molar-refractivity contribution in [2.24, 2.45) is 0 Å². The van der Waals surface area contributed by atoms with Gasteiger partial charge in [-0.2, -0.15) is 5.26 Å². The molecule has 1 aromatic heterocycles. The fourth-order valence-electron chi connectivity index (χ4n) is 3.60. The minimum Gasteiger partial charge on any atom is -0.464 e. The lowest BCUT2D eigenvalue weighted by Crippen LogP contribution is -2.23. The van der Waals surface area contributed by atoms with Gasteiger partial charge in [0.25, 0.3) is 5.56 Å². The zero-order valence-corrected chi connectivity index (χ0v) is 18.7. The molecule has 0 saturated heterocycles. The van der Waals surface area contributed by atoms with Crippen molar-refractivity contribution in [1.82, 2.24) is 9.97 Å². The molecule has 2 N–H and O–H groups in total. The number of aromatic nitrogens is 2. The van der Waals surface area contributed by atoms with Crippen molar-refractivity contribution in [2.75, 3.05) is 12.4 Å². The molecule has 0 atom stereocenters. The van der Waals surface area contributed by atoms with Crippen molar-refractivity contribution in [2.45, 2.75) is 103 Å². The van der Waals surface area contributed by atoms with Crippen molar-refractivity contribution < 1.29 is 9.53 Å². The van der Waals surface area contributed by atoms with E-state index in [-0.39, 0.29) is 11.6 Å². The van der Waals surface area contributed by atoms with Crippen LogP contribution in [0.25, 0.3) is 0 Å². The standard InChI is InChI=1S/C23H38N4O3/c1-3-4-5-6-7-8-9-10-11-12-13-14-15-16-17-19-20(22(29)30-2)26-23(25-18-24)27-21(19)28/h3-17H2,1-2H3,(H2,25,26,27,28). The zero-order valence-electron chi connectivity index (χ0n) is 18.7. The lowest BCUT2D eigenvalue weighted by atomic mass is 10.0. The van der Waals surface area contributed by atoms with Gasteiger partial charge in [-0.3, -0.25) is 15.1 Å². The molecule has 0 saturated carbocycles. The molecule has 30 heavy (non-hydrogen) atoms. The number of nitriles is 1. The fraction of sp³-hybridized carbons (Fsp3) is 0.739. The number of aromatic amines is 1. The molecule has 1 aromatic rings. The summed E-state index contributed by atoms with van der Waals surface area (Å²) in [5.41, 5.74) is -0.101. The lowest BCUT2D eigenvalue weighted by molar-refractivity contribution is 0.0592. The van der Waals surface area contributed by atoms with Crippen LogP contribution < -0.4 is 10.9 Å². The molecule has 7 nitrogen and oxygen atoms in total. The van der Waals surface area contributed by atoms with Crippen LogP contribution in [0.15, 0.2) is 4.79 Å². The molecule has 0 aliphatic heterocycles. The number of carbonyl (C=O) groups excluding carboxylic acids is 1. The number of anilines is 1. The SMILES string of the molecule is CCCCCCCCCCCCCCCCc1c(C(=O)OC)nc(NC#N)[nH]c1=O. The van der Waals surface area contributed by atoms with E-state index >= 15 is 0 Å². The third-order valence-corrected chi connectivity index (χ3v) is 5.35. The first-order chi connectivity index (χ1) is 14.6. The monoisotopic (exact) mass is 418 g/mol. The van der Waals surface area contributed by atoms with E-state index in [1.165, 1.54) is 77.7 Å². The summed E-state index contributed by atoms with van der Waals surface area (Å²) in [6.07, 6.45) is 19.8. The Morgan fingerprint density at radius 3 is 1.93 bits per heavy atom. The van der Waals surface area contributed by atoms with Gasteiger partial charge < -0.3 is 4.74 Å². The molecule has 0 aliphatic carbocycles. The fourth-order valence-corrected chi connectivity index (χ4v) is 3.60. The van der Waals surface area contributed by atoms with E-state index in [1.54, 1.807) is 6.19 Å². The van der Waals surface area contributed by atoms with Crippen LogP contribution >= 0.6 is 0 Å². The summed E-state index contributed by atoms with van der Waals surface area (Å²) in [7, 11) is 1.25. The second kappa shape index (κ2) is 16.4. The smallest absolute Gasteiger partial charge is 0.357 e. The Morgan fingerprint density at radius 2 is 1.47 bits per heavy atom. The number of esters is 1. The highest BCUT2D eigenvalue weighted by molar-refractivity contribution is 5.89. The van der Waals surface area contributed by atoms with Gasteiger partial charge in [0.2, 0.25) is 5.95 Å². The molecule has 7 heteroatoms. The first kappa shape index (κ1) is 25.7. The zero-order chi connectivity index (χ0) is 22.0. The third-order valence-electron chi connectivity index (χ3n) is 5.35. The first-order valence-electron chi connectivity index (χ1n) is 11.5. The maximum Gasteiger partial charge on any atom is 0.357 e. The molecule has 168 valence electrons. The van der Waals surface area contributed by atoms with Gasteiger partial charge in [-0.1, -0.05) is 90.4 Å². The molecular weight excluding hydrogens is 380 g/mol. The Kier molecular flexibility index (Phi) is 14.1. The van der Waals surface area contributed by atoms with Gasteiger partial charge >= 0.3 is 5.97 Å². The summed E-state index contributed by atoms with van der Waals surface area (Å²) in [6.45, 7) is 2.25. The number of H-pyrrole nitrogens is 1. The largest absolute Gasteiger partial charge is 0.464 e. The van der Waals surface area contributed by atoms with Crippen molar-refractivity contribution in [3.8, 4) is 6.19 Å². The quantitative estimate of drug-likeness (QED) is 0.150. The Labute approximate surface area is 180 Å². The summed E-state index contributed by atoms with van der Waals surface area (Å²) < 4.78 is 4.72. The maximum atomic E-state index is 12.3. The summed E-state index contributed by atoms with van der Waals surface area (Å²) in [6, 6.07) is 0. The Bertz CT molecular complexity index is 709. The number of unbranched alkanes of at least 4 members (excludes halogenated alkanes) is 13. The number of rotatable bonds is 17. The Balaban J connectivity index is 2.22. The minimum absolute atomic E-state index is 0.0197. The molecule has 0 radical (unpaired) electrons. The summed E-state index contributed by atoms with van der Waals surface area (Å²) in [5.74, 6) is -0.713. The molecule has 0 unspecified atom stereocenters. The van der Waals surface area contributed by atoms with Crippen LogP contribution in [0.3, 0.4) is 0 Å². The van der Waals surface area contributed by atoms with E-state index in [2.05, 4.69) is 22.2 Å². The summed E-state index contributed by atoms with van der Waals surface area (Å²) in [4.78, 5) is 30.7. The average Bonchev–Trinajstić information content (AvgIpc) is 2.74. The highest BCUT2D eigenvalue weighted by atomic mass is 16.5. The van der Waals surface area contributed by atoms with Gasteiger partial charge in [-0.05, 0) is 12.8 Å². The number of carbonyl (C=O) groups is 1. The van der Waals surface area contributed by atoms with Crippen molar-refractivity contribution in [1.29, 1.82) is 5.26 Å². The van der Waals surface area contributed by atoms with Gasteiger partial charge in [0.05, 0.1) is 12.7 Å². The second-order valence-electron chi connectivity index (χ2n) is 7.82. The predicted molar refractivity (Wildman–Crippen MR) is 119 cm³/mol. The van der Waals surface area contributed by atoms with E-state index in [9.17, 15) is 9.59 Å². The average molecular weight is 419 g/mol. The van der Waals surface area contributed by atoms with Crippen molar-refractivity contribution in [3.63, 3.8) is 0 Å². The first-order valence-corrected chi connectivity index (χ1v) is 11.5. The lowest BCUT2D eigenvalue weighted by Gasteiger charge is -2.08. The number of nitrogens with one attached hydrogen (secondary N) is 2. The van der Waals surface area contributed by atoms with Crippen LogP contribution in [0.5, 0.6) is 0 Å². The van der Waals surface area contributed by atoms with Crippen molar-refractivity contribution >= 4 is 11.9 Å². The number of hydrogen-bond donors (Lipinski definition) is 2. The van der Waals surface area contributed by atoms with E-state index in [0.29, 0.717) is 12.0 Å².